The summed E-state index contributed by atoms with van der Waals surface area (Å²) in [7, 11) is 1.41. The Morgan fingerprint density at radius 3 is 2.68 bits per heavy atom. The molecule has 10 heteroatoms. The zero-order valence-corrected chi connectivity index (χ0v) is 14.3. The monoisotopic (exact) mass is 418 g/mol. The van der Waals surface area contributed by atoms with Crippen LogP contribution in [-0.2, 0) is 13.2 Å². The molecule has 5 nitrogen and oxygen atoms in total. The number of halogens is 4. The number of nitrogens with one attached hydrogen (secondary N) is 1. The molecule has 0 radical (unpaired) electrons. The summed E-state index contributed by atoms with van der Waals surface area (Å²) in [6.07, 6.45) is -2.22. The van der Waals surface area contributed by atoms with Crippen LogP contribution in [0, 0.1) is 5.82 Å². The van der Waals surface area contributed by atoms with Gasteiger partial charge in [-0.3, -0.25) is 0 Å². The van der Waals surface area contributed by atoms with Crippen molar-refractivity contribution in [2.45, 2.75) is 6.18 Å². The summed E-state index contributed by atoms with van der Waals surface area (Å²) >= 11 is -0.524. The third kappa shape index (κ3) is 3.64. The quantitative estimate of drug-likeness (QED) is 0.527. The second kappa shape index (κ2) is 6.45. The molecule has 0 aliphatic heterocycles. The van der Waals surface area contributed by atoms with Gasteiger partial charge in [-0.1, -0.05) is 0 Å². The molecule has 1 amide bonds. The van der Waals surface area contributed by atoms with Crippen LogP contribution in [-0.4, -0.2) is 35.2 Å². The molecule has 0 fully saturated rings. The number of rotatable bonds is 3. The molecule has 0 unspecified atom stereocenters. The van der Waals surface area contributed by atoms with Crippen LogP contribution in [0.15, 0.2) is 36.7 Å². The first-order valence-corrected chi connectivity index (χ1v) is 8.59. The van der Waals surface area contributed by atoms with Crippen molar-refractivity contribution < 1.29 is 22.4 Å². The van der Waals surface area contributed by atoms with E-state index in [-0.39, 0.29) is 5.69 Å². The van der Waals surface area contributed by atoms with E-state index in [1.165, 1.54) is 25.4 Å². The van der Waals surface area contributed by atoms with Crippen LogP contribution in [0.5, 0.6) is 0 Å². The zero-order valence-electron chi connectivity index (χ0n) is 12.6. The second-order valence-electron chi connectivity index (χ2n) is 5.01. The molecule has 1 N–H and O–H groups in total. The normalized spacial score (nSPS) is 11.6. The van der Waals surface area contributed by atoms with E-state index in [0.717, 1.165) is 16.9 Å². The molecule has 3 aromatic rings. The van der Waals surface area contributed by atoms with Crippen molar-refractivity contribution in [1.82, 2.24) is 14.8 Å². The van der Waals surface area contributed by atoms with Gasteiger partial charge in [-0.2, -0.15) is 0 Å². The van der Waals surface area contributed by atoms with Crippen LogP contribution in [0.25, 0.3) is 10.1 Å². The van der Waals surface area contributed by atoms with E-state index in [4.69, 9.17) is 0 Å². The predicted octanol–water partition coefficient (Wildman–Crippen LogP) is 2.95. The topological polar surface area (TPSA) is 59.8 Å². The van der Waals surface area contributed by atoms with E-state index in [0.29, 0.717) is 14.6 Å². The van der Waals surface area contributed by atoms with Crippen LogP contribution in [0.2, 0.25) is 0 Å². The van der Waals surface area contributed by atoms with Gasteiger partial charge in [0.05, 0.1) is 0 Å². The number of carbonyl (C=O) groups is 1. The summed E-state index contributed by atoms with van der Waals surface area (Å²) < 4.78 is 53.8. The van der Waals surface area contributed by atoms with Gasteiger partial charge in [0.1, 0.15) is 0 Å². The summed E-state index contributed by atoms with van der Waals surface area (Å²) in [5.74, 6) is -1.17. The number of hydrogen-bond acceptors (Lipinski definition) is 3. The summed E-state index contributed by atoms with van der Waals surface area (Å²) in [4.78, 5) is 15.8. The van der Waals surface area contributed by atoms with Crippen molar-refractivity contribution in [2.24, 2.45) is 7.05 Å². The van der Waals surface area contributed by atoms with Crippen molar-refractivity contribution >= 4 is 26.1 Å². The first-order chi connectivity index (χ1) is 11.8. The molecular formula is C15H10F4N4OSe. The summed E-state index contributed by atoms with van der Waals surface area (Å²) in [5, 5.41) is 5.88. The SMILES string of the molecule is Cn1nc(C(F)(F)F)cc1-c1ccc(C(=O)Nc2ccncc2F)[se]1. The second-order valence-corrected chi connectivity index (χ2v) is 7.28. The van der Waals surface area contributed by atoms with E-state index in [1.807, 2.05) is 0 Å². The molecule has 25 heavy (non-hydrogen) atoms. The van der Waals surface area contributed by atoms with Crippen LogP contribution in [0.3, 0.4) is 0 Å². The van der Waals surface area contributed by atoms with Crippen LogP contribution < -0.4 is 5.32 Å². The van der Waals surface area contributed by atoms with Crippen molar-refractivity contribution in [3.63, 3.8) is 0 Å². The Hall–Kier alpha value is -2.45. The molecule has 3 aromatic heterocycles. The molecule has 0 saturated carbocycles. The Bertz CT molecular complexity index is 932. The molecule has 0 bridgehead atoms. The Balaban J connectivity index is 1.84. The number of anilines is 1. The first kappa shape index (κ1) is 17.4. The van der Waals surface area contributed by atoms with Gasteiger partial charge in [-0.25, -0.2) is 0 Å². The molecule has 0 aromatic carbocycles. The number of aromatic nitrogens is 3. The Morgan fingerprint density at radius 1 is 1.28 bits per heavy atom. The molecule has 0 saturated heterocycles. The minimum atomic E-state index is -4.53. The Kier molecular flexibility index (Phi) is 4.49. The van der Waals surface area contributed by atoms with E-state index >= 15 is 0 Å². The predicted molar refractivity (Wildman–Crippen MR) is 82.7 cm³/mol. The summed E-state index contributed by atoms with van der Waals surface area (Å²) in [6, 6.07) is 5.37. The van der Waals surface area contributed by atoms with Crippen LogP contribution in [0.4, 0.5) is 23.2 Å². The van der Waals surface area contributed by atoms with Crippen molar-refractivity contribution in [2.75, 3.05) is 5.32 Å². The van der Waals surface area contributed by atoms with Gasteiger partial charge >= 0.3 is 144 Å². The van der Waals surface area contributed by atoms with Gasteiger partial charge in [-0.15, -0.1) is 0 Å². The number of aryl methyl sites for hydroxylation is 1. The van der Waals surface area contributed by atoms with E-state index in [1.54, 1.807) is 6.07 Å². The van der Waals surface area contributed by atoms with Crippen molar-refractivity contribution in [3.8, 4) is 10.1 Å². The van der Waals surface area contributed by atoms with E-state index < -0.39 is 38.1 Å². The molecular weight excluding hydrogens is 407 g/mol. The Morgan fingerprint density at radius 2 is 2.04 bits per heavy atom. The van der Waals surface area contributed by atoms with E-state index in [9.17, 15) is 22.4 Å². The molecule has 0 atom stereocenters. The van der Waals surface area contributed by atoms with Gasteiger partial charge in [0.2, 0.25) is 0 Å². The van der Waals surface area contributed by atoms with Gasteiger partial charge < -0.3 is 0 Å². The van der Waals surface area contributed by atoms with Crippen molar-refractivity contribution in [3.05, 3.63) is 52.6 Å². The maximum absolute atomic E-state index is 13.5. The fourth-order valence-electron chi connectivity index (χ4n) is 2.09. The number of alkyl halides is 3. The molecule has 0 aliphatic carbocycles. The standard InChI is InChI=1S/C15H10F4N4OSe/c1-23-10(6-13(22-23)15(17,18)19)11-2-3-12(25-11)14(24)21-9-4-5-20-7-8(9)16/h2-7H,1H3,(H,20,21,24). The Labute approximate surface area is 145 Å². The zero-order chi connectivity index (χ0) is 18.2. The maximum atomic E-state index is 13.5. The third-order valence-electron chi connectivity index (χ3n) is 3.27. The van der Waals surface area contributed by atoms with Gasteiger partial charge in [0, 0.05) is 0 Å². The third-order valence-corrected chi connectivity index (χ3v) is 5.59. The molecule has 3 rings (SSSR count). The summed E-state index contributed by atoms with van der Waals surface area (Å²) in [6.45, 7) is 0. The number of amides is 1. The average molecular weight is 417 g/mol. The summed E-state index contributed by atoms with van der Waals surface area (Å²) in [5.41, 5.74) is -0.704. The minimum absolute atomic E-state index is 0.00922. The molecule has 0 spiro atoms. The van der Waals surface area contributed by atoms with E-state index in [2.05, 4.69) is 15.4 Å². The number of hydrogen-bond donors (Lipinski definition) is 1. The van der Waals surface area contributed by atoms with Gasteiger partial charge in [0.25, 0.3) is 0 Å². The molecule has 0 aliphatic rings. The first-order valence-electron chi connectivity index (χ1n) is 6.88. The molecule has 130 valence electrons. The van der Waals surface area contributed by atoms with Gasteiger partial charge in [0.15, 0.2) is 0 Å². The fourth-order valence-corrected chi connectivity index (χ4v) is 4.08. The van der Waals surface area contributed by atoms with Crippen LogP contribution >= 0.6 is 0 Å². The van der Waals surface area contributed by atoms with Crippen molar-refractivity contribution in [1.29, 1.82) is 0 Å². The van der Waals surface area contributed by atoms with Gasteiger partial charge in [-0.05, 0) is 0 Å². The van der Waals surface area contributed by atoms with Crippen LogP contribution in [0.1, 0.15) is 14.9 Å². The number of pyridine rings is 1. The molecule has 3 heterocycles. The average Bonchev–Trinajstić information content (AvgIpc) is 3.15. The number of carbonyl (C=O) groups excluding carboxylic acids is 1. The fraction of sp³-hybridized carbons (Fsp3) is 0.133. The number of nitrogens with zero attached hydrogens (tertiary/aromatic N) is 3.